The van der Waals surface area contributed by atoms with Gasteiger partial charge >= 0.3 is 0 Å². The smallest absolute Gasteiger partial charge is 0.237 e. The number of hydrogen-bond donors (Lipinski definition) is 2. The zero-order chi connectivity index (χ0) is 12.4. The second-order valence-electron chi connectivity index (χ2n) is 6.01. The van der Waals surface area contributed by atoms with Gasteiger partial charge in [-0.25, -0.2) is 0 Å². The van der Waals surface area contributed by atoms with Crippen LogP contribution in [-0.4, -0.2) is 48.6 Å². The van der Waals surface area contributed by atoms with Crippen LogP contribution in [0.1, 0.15) is 44.9 Å². The summed E-state index contributed by atoms with van der Waals surface area (Å²) in [5.74, 6) is 0.243. The van der Waals surface area contributed by atoms with Crippen molar-refractivity contribution in [3.63, 3.8) is 0 Å². The number of rotatable bonds is 2. The van der Waals surface area contributed by atoms with E-state index in [1.165, 1.54) is 45.2 Å². The lowest BCUT2D eigenvalue weighted by Crippen LogP contribution is -2.53. The third kappa shape index (κ3) is 2.54. The van der Waals surface area contributed by atoms with Crippen LogP contribution in [0.4, 0.5) is 0 Å². The van der Waals surface area contributed by atoms with Gasteiger partial charge in [-0.05, 0) is 45.2 Å². The van der Waals surface area contributed by atoms with Crippen molar-refractivity contribution in [3.8, 4) is 0 Å². The zero-order valence-corrected chi connectivity index (χ0v) is 11.2. The molecule has 0 aromatic rings. The fraction of sp³-hybridized carbons (Fsp3) is 0.929. The molecular weight excluding hydrogens is 226 g/mol. The van der Waals surface area contributed by atoms with Crippen molar-refractivity contribution >= 4 is 5.91 Å². The maximum Gasteiger partial charge on any atom is 0.237 e. The van der Waals surface area contributed by atoms with Gasteiger partial charge in [0.25, 0.3) is 0 Å². The van der Waals surface area contributed by atoms with Crippen LogP contribution in [0.25, 0.3) is 0 Å². The number of carbonyl (C=O) groups is 1. The van der Waals surface area contributed by atoms with Gasteiger partial charge in [0.2, 0.25) is 5.91 Å². The Morgan fingerprint density at radius 2 is 1.94 bits per heavy atom. The average Bonchev–Trinajstić information content (AvgIpc) is 2.83. The van der Waals surface area contributed by atoms with E-state index in [1.54, 1.807) is 0 Å². The molecule has 3 saturated heterocycles. The molecule has 0 saturated carbocycles. The first-order chi connectivity index (χ1) is 8.84. The Labute approximate surface area is 109 Å². The molecule has 4 nitrogen and oxygen atoms in total. The molecular formula is C14H25N3O. The zero-order valence-electron chi connectivity index (χ0n) is 11.2. The lowest BCUT2D eigenvalue weighted by atomic mass is 9.98. The molecule has 3 unspecified atom stereocenters. The van der Waals surface area contributed by atoms with E-state index in [-0.39, 0.29) is 11.9 Å². The van der Waals surface area contributed by atoms with Gasteiger partial charge in [-0.2, -0.15) is 0 Å². The fourth-order valence-corrected chi connectivity index (χ4v) is 3.77. The van der Waals surface area contributed by atoms with E-state index in [1.807, 2.05) is 0 Å². The lowest BCUT2D eigenvalue weighted by molar-refractivity contribution is -0.124. The molecule has 0 aliphatic carbocycles. The summed E-state index contributed by atoms with van der Waals surface area (Å²) in [5.41, 5.74) is 0. The molecule has 18 heavy (non-hydrogen) atoms. The van der Waals surface area contributed by atoms with Crippen LogP contribution >= 0.6 is 0 Å². The van der Waals surface area contributed by atoms with Crippen molar-refractivity contribution in [1.82, 2.24) is 15.5 Å². The van der Waals surface area contributed by atoms with Gasteiger partial charge in [0.15, 0.2) is 0 Å². The topological polar surface area (TPSA) is 44.4 Å². The number of fused-ring (bicyclic) bond motifs is 1. The number of hydrogen-bond acceptors (Lipinski definition) is 3. The summed E-state index contributed by atoms with van der Waals surface area (Å²) in [7, 11) is 0. The summed E-state index contributed by atoms with van der Waals surface area (Å²) >= 11 is 0. The van der Waals surface area contributed by atoms with Gasteiger partial charge in [-0.15, -0.1) is 0 Å². The third-order valence-electron chi connectivity index (χ3n) is 4.81. The number of nitrogens with one attached hydrogen (secondary N) is 2. The van der Waals surface area contributed by atoms with Crippen molar-refractivity contribution in [3.05, 3.63) is 0 Å². The minimum atomic E-state index is 0.0661. The van der Waals surface area contributed by atoms with Crippen molar-refractivity contribution in [2.45, 2.75) is 63.1 Å². The van der Waals surface area contributed by atoms with Crippen molar-refractivity contribution < 1.29 is 4.79 Å². The molecule has 0 radical (unpaired) electrons. The molecule has 3 aliphatic rings. The van der Waals surface area contributed by atoms with Crippen LogP contribution in [0.15, 0.2) is 0 Å². The van der Waals surface area contributed by atoms with Gasteiger partial charge in [-0.1, -0.05) is 12.8 Å². The van der Waals surface area contributed by atoms with Crippen LogP contribution in [0.5, 0.6) is 0 Å². The van der Waals surface area contributed by atoms with E-state index in [0.717, 1.165) is 19.4 Å². The molecule has 0 aromatic heterocycles. The van der Waals surface area contributed by atoms with E-state index in [9.17, 15) is 4.79 Å². The average molecular weight is 251 g/mol. The first kappa shape index (κ1) is 12.4. The molecule has 3 fully saturated rings. The maximum absolute atomic E-state index is 12.2. The quantitative estimate of drug-likeness (QED) is 0.765. The Morgan fingerprint density at radius 3 is 2.78 bits per heavy atom. The minimum Gasteiger partial charge on any atom is -0.350 e. The minimum absolute atomic E-state index is 0.0661. The Morgan fingerprint density at radius 1 is 1.06 bits per heavy atom. The predicted octanol–water partition coefficient (Wildman–Crippen LogP) is 0.871. The molecule has 3 rings (SSSR count). The lowest BCUT2D eigenvalue weighted by Gasteiger charge is -2.33. The van der Waals surface area contributed by atoms with Crippen molar-refractivity contribution in [2.24, 2.45) is 0 Å². The van der Waals surface area contributed by atoms with Crippen molar-refractivity contribution in [1.29, 1.82) is 0 Å². The largest absolute Gasteiger partial charge is 0.350 e. The van der Waals surface area contributed by atoms with Crippen LogP contribution < -0.4 is 10.6 Å². The molecule has 3 aliphatic heterocycles. The Balaban J connectivity index is 1.54. The van der Waals surface area contributed by atoms with Gasteiger partial charge in [0.1, 0.15) is 0 Å². The first-order valence-electron chi connectivity index (χ1n) is 7.62. The van der Waals surface area contributed by atoms with Gasteiger partial charge in [-0.3, -0.25) is 9.69 Å². The van der Waals surface area contributed by atoms with Crippen LogP contribution in [-0.2, 0) is 4.79 Å². The third-order valence-corrected chi connectivity index (χ3v) is 4.81. The summed E-state index contributed by atoms with van der Waals surface area (Å²) in [6.07, 6.45) is 8.48. The predicted molar refractivity (Wildman–Crippen MR) is 71.4 cm³/mol. The molecule has 3 atom stereocenters. The summed E-state index contributed by atoms with van der Waals surface area (Å²) in [6, 6.07) is 1.09. The van der Waals surface area contributed by atoms with E-state index < -0.39 is 0 Å². The highest BCUT2D eigenvalue weighted by atomic mass is 16.2. The molecule has 102 valence electrons. The van der Waals surface area contributed by atoms with E-state index in [2.05, 4.69) is 15.5 Å². The fourth-order valence-electron chi connectivity index (χ4n) is 3.77. The SMILES string of the molecule is O=C(NC1CCN2CCCCC12)C1CCCCN1. The highest BCUT2D eigenvalue weighted by molar-refractivity contribution is 5.82. The van der Waals surface area contributed by atoms with E-state index >= 15 is 0 Å². The normalized spacial score (nSPS) is 37.2. The highest BCUT2D eigenvalue weighted by Gasteiger charge is 2.37. The molecule has 2 N–H and O–H groups in total. The molecule has 0 aromatic carbocycles. The second-order valence-corrected chi connectivity index (χ2v) is 6.01. The molecule has 0 spiro atoms. The molecule has 1 amide bonds. The van der Waals surface area contributed by atoms with Crippen LogP contribution in [0.2, 0.25) is 0 Å². The Hall–Kier alpha value is -0.610. The molecule has 4 heteroatoms. The van der Waals surface area contributed by atoms with Gasteiger partial charge in [0.05, 0.1) is 6.04 Å². The second kappa shape index (κ2) is 5.57. The van der Waals surface area contributed by atoms with Crippen LogP contribution in [0, 0.1) is 0 Å². The molecule has 3 heterocycles. The van der Waals surface area contributed by atoms with Gasteiger partial charge in [0, 0.05) is 18.6 Å². The maximum atomic E-state index is 12.2. The number of nitrogens with zero attached hydrogens (tertiary/aromatic N) is 1. The number of amides is 1. The van der Waals surface area contributed by atoms with E-state index in [0.29, 0.717) is 12.1 Å². The number of piperidine rings is 2. The van der Waals surface area contributed by atoms with E-state index in [4.69, 9.17) is 0 Å². The molecule has 0 bridgehead atoms. The van der Waals surface area contributed by atoms with Crippen molar-refractivity contribution in [2.75, 3.05) is 19.6 Å². The summed E-state index contributed by atoms with van der Waals surface area (Å²) in [6.45, 7) is 3.41. The van der Waals surface area contributed by atoms with Crippen LogP contribution in [0.3, 0.4) is 0 Å². The standard InChI is InChI=1S/C14H25N3O/c18-14(12-5-1-3-8-15-12)16-11-7-10-17-9-4-2-6-13(11)17/h11-13,15H,1-10H2,(H,16,18). The summed E-state index contributed by atoms with van der Waals surface area (Å²) in [5, 5.41) is 6.64. The van der Waals surface area contributed by atoms with Gasteiger partial charge < -0.3 is 10.6 Å². The first-order valence-corrected chi connectivity index (χ1v) is 7.62. The summed E-state index contributed by atoms with van der Waals surface area (Å²) in [4.78, 5) is 14.8. The summed E-state index contributed by atoms with van der Waals surface area (Å²) < 4.78 is 0. The number of carbonyl (C=O) groups excluding carboxylic acids is 1. The Kier molecular flexibility index (Phi) is 3.85. The monoisotopic (exact) mass is 251 g/mol. The highest BCUT2D eigenvalue weighted by Crippen LogP contribution is 2.27. The Bertz CT molecular complexity index is 301.